The van der Waals surface area contributed by atoms with Crippen LogP contribution in [-0.2, 0) is 0 Å². The highest BCUT2D eigenvalue weighted by atomic mass is 16.3. The van der Waals surface area contributed by atoms with E-state index >= 15 is 0 Å². The van der Waals surface area contributed by atoms with E-state index in [9.17, 15) is 5.11 Å². The largest absolute Gasteiger partial charge is 0.394 e. The summed E-state index contributed by atoms with van der Waals surface area (Å²) in [6, 6.07) is 0. The van der Waals surface area contributed by atoms with Gasteiger partial charge in [-0.25, -0.2) is 0 Å². The molecule has 0 aromatic rings. The van der Waals surface area contributed by atoms with Gasteiger partial charge < -0.3 is 15.3 Å². The molecule has 0 spiro atoms. The van der Waals surface area contributed by atoms with Gasteiger partial charge in [-0.1, -0.05) is 13.8 Å². The number of nitrogens with zero attached hydrogens (tertiary/aromatic N) is 1. The number of aliphatic hydroxyl groups is 1. The second-order valence-electron chi connectivity index (χ2n) is 4.29. The van der Waals surface area contributed by atoms with E-state index in [2.05, 4.69) is 38.0 Å². The lowest BCUT2D eigenvalue weighted by atomic mass is 9.98. The monoisotopic (exact) mass is 202 g/mol. The van der Waals surface area contributed by atoms with Crippen LogP contribution in [0, 0.1) is 0 Å². The topological polar surface area (TPSA) is 35.5 Å². The van der Waals surface area contributed by atoms with Crippen molar-refractivity contribution in [2.24, 2.45) is 0 Å². The van der Waals surface area contributed by atoms with Crippen LogP contribution < -0.4 is 5.32 Å². The standard InChI is InChI=1S/C11H26N2O/c1-5-8-12-11(3,10-14)7-9-13(4)6-2/h12,14H,5-10H2,1-4H3. The van der Waals surface area contributed by atoms with E-state index in [4.69, 9.17) is 0 Å². The lowest BCUT2D eigenvalue weighted by Crippen LogP contribution is -2.48. The Labute approximate surface area is 88.5 Å². The van der Waals surface area contributed by atoms with Crippen molar-refractivity contribution in [2.45, 2.75) is 39.2 Å². The number of aliphatic hydroxyl groups excluding tert-OH is 1. The average molecular weight is 202 g/mol. The fraction of sp³-hybridized carbons (Fsp3) is 1.00. The maximum atomic E-state index is 9.32. The van der Waals surface area contributed by atoms with Crippen LogP contribution in [-0.4, -0.2) is 48.8 Å². The van der Waals surface area contributed by atoms with E-state index in [1.807, 2.05) is 0 Å². The number of hydrogen-bond acceptors (Lipinski definition) is 3. The highest BCUT2D eigenvalue weighted by Crippen LogP contribution is 2.09. The van der Waals surface area contributed by atoms with Gasteiger partial charge in [0.25, 0.3) is 0 Å². The van der Waals surface area contributed by atoms with Crippen molar-refractivity contribution in [3.63, 3.8) is 0 Å². The van der Waals surface area contributed by atoms with Crippen LogP contribution in [0.3, 0.4) is 0 Å². The third-order valence-electron chi connectivity index (χ3n) is 2.74. The summed E-state index contributed by atoms with van der Waals surface area (Å²) in [6.07, 6.45) is 2.10. The second-order valence-corrected chi connectivity index (χ2v) is 4.29. The fourth-order valence-corrected chi connectivity index (χ4v) is 1.25. The zero-order chi connectivity index (χ0) is 11.0. The van der Waals surface area contributed by atoms with E-state index in [1.54, 1.807) is 0 Å². The Hall–Kier alpha value is -0.120. The molecule has 0 aliphatic heterocycles. The van der Waals surface area contributed by atoms with Crippen molar-refractivity contribution in [3.05, 3.63) is 0 Å². The molecular formula is C11H26N2O. The molecule has 0 aliphatic carbocycles. The summed E-state index contributed by atoms with van der Waals surface area (Å²) in [6.45, 7) is 9.67. The van der Waals surface area contributed by atoms with Crippen molar-refractivity contribution >= 4 is 0 Å². The Morgan fingerprint density at radius 3 is 2.43 bits per heavy atom. The van der Waals surface area contributed by atoms with Crippen molar-refractivity contribution < 1.29 is 5.11 Å². The van der Waals surface area contributed by atoms with Crippen molar-refractivity contribution in [1.29, 1.82) is 0 Å². The molecule has 0 bridgehead atoms. The van der Waals surface area contributed by atoms with E-state index in [1.165, 1.54) is 0 Å². The molecule has 86 valence electrons. The Morgan fingerprint density at radius 2 is 2.00 bits per heavy atom. The van der Waals surface area contributed by atoms with Gasteiger partial charge in [0.05, 0.1) is 6.61 Å². The van der Waals surface area contributed by atoms with Gasteiger partial charge in [0, 0.05) is 5.54 Å². The number of nitrogens with one attached hydrogen (secondary N) is 1. The van der Waals surface area contributed by atoms with Crippen molar-refractivity contribution in [3.8, 4) is 0 Å². The zero-order valence-corrected chi connectivity index (χ0v) is 10.1. The molecule has 3 heteroatoms. The van der Waals surface area contributed by atoms with Gasteiger partial charge >= 0.3 is 0 Å². The molecule has 0 fully saturated rings. The van der Waals surface area contributed by atoms with Crippen LogP contribution in [0.25, 0.3) is 0 Å². The molecule has 0 aliphatic rings. The summed E-state index contributed by atoms with van der Waals surface area (Å²) in [5, 5.41) is 12.7. The van der Waals surface area contributed by atoms with E-state index in [0.29, 0.717) is 0 Å². The average Bonchev–Trinajstić information content (AvgIpc) is 2.23. The molecule has 0 amide bonds. The first-order chi connectivity index (χ1) is 6.58. The van der Waals surface area contributed by atoms with Crippen LogP contribution in [0.4, 0.5) is 0 Å². The number of rotatable bonds is 8. The van der Waals surface area contributed by atoms with Gasteiger partial charge in [-0.05, 0) is 46.4 Å². The Bertz CT molecular complexity index is 141. The summed E-state index contributed by atoms with van der Waals surface area (Å²) in [4.78, 5) is 2.27. The molecule has 1 unspecified atom stereocenters. The summed E-state index contributed by atoms with van der Waals surface area (Å²) < 4.78 is 0. The summed E-state index contributed by atoms with van der Waals surface area (Å²) in [5.74, 6) is 0. The molecule has 0 heterocycles. The van der Waals surface area contributed by atoms with Gasteiger partial charge in [0.1, 0.15) is 0 Å². The molecule has 14 heavy (non-hydrogen) atoms. The molecule has 0 aromatic heterocycles. The highest BCUT2D eigenvalue weighted by Gasteiger charge is 2.21. The lowest BCUT2D eigenvalue weighted by molar-refractivity contribution is 0.152. The minimum atomic E-state index is -0.112. The molecule has 0 aromatic carbocycles. The highest BCUT2D eigenvalue weighted by molar-refractivity contribution is 4.82. The smallest absolute Gasteiger partial charge is 0.0611 e. The van der Waals surface area contributed by atoms with Gasteiger partial charge in [-0.3, -0.25) is 0 Å². The van der Waals surface area contributed by atoms with Crippen LogP contribution in [0.1, 0.15) is 33.6 Å². The molecule has 0 radical (unpaired) electrons. The predicted octanol–water partition coefficient (Wildman–Crippen LogP) is 1.08. The van der Waals surface area contributed by atoms with E-state index in [-0.39, 0.29) is 12.1 Å². The summed E-state index contributed by atoms with van der Waals surface area (Å²) in [7, 11) is 2.11. The molecule has 1 atom stereocenters. The molecule has 0 rings (SSSR count). The van der Waals surface area contributed by atoms with Gasteiger partial charge in [-0.15, -0.1) is 0 Å². The first-order valence-corrected chi connectivity index (χ1v) is 5.62. The predicted molar refractivity (Wildman–Crippen MR) is 61.6 cm³/mol. The normalized spacial score (nSPS) is 15.9. The molecular weight excluding hydrogens is 176 g/mol. The maximum absolute atomic E-state index is 9.32. The SMILES string of the molecule is CCCNC(C)(CO)CCN(C)CC. The van der Waals surface area contributed by atoms with Crippen LogP contribution in [0.2, 0.25) is 0 Å². The Morgan fingerprint density at radius 1 is 1.36 bits per heavy atom. The molecule has 3 nitrogen and oxygen atoms in total. The van der Waals surface area contributed by atoms with Gasteiger partial charge in [-0.2, -0.15) is 0 Å². The van der Waals surface area contributed by atoms with Crippen molar-refractivity contribution in [2.75, 3.05) is 33.3 Å². The van der Waals surface area contributed by atoms with Crippen LogP contribution in [0.5, 0.6) is 0 Å². The summed E-state index contributed by atoms with van der Waals surface area (Å²) >= 11 is 0. The van der Waals surface area contributed by atoms with Crippen LogP contribution >= 0.6 is 0 Å². The first kappa shape index (κ1) is 13.9. The van der Waals surface area contributed by atoms with Gasteiger partial charge in [0.2, 0.25) is 0 Å². The maximum Gasteiger partial charge on any atom is 0.0611 e. The molecule has 0 saturated heterocycles. The van der Waals surface area contributed by atoms with Crippen LogP contribution in [0.15, 0.2) is 0 Å². The fourth-order valence-electron chi connectivity index (χ4n) is 1.25. The quantitative estimate of drug-likeness (QED) is 0.618. The second kappa shape index (κ2) is 7.21. The Balaban J connectivity index is 3.85. The van der Waals surface area contributed by atoms with E-state index in [0.717, 1.165) is 32.5 Å². The van der Waals surface area contributed by atoms with E-state index < -0.39 is 0 Å². The van der Waals surface area contributed by atoms with Gasteiger partial charge in [0.15, 0.2) is 0 Å². The summed E-state index contributed by atoms with van der Waals surface area (Å²) in [5.41, 5.74) is -0.112. The minimum absolute atomic E-state index is 0.112. The number of hydrogen-bond donors (Lipinski definition) is 2. The lowest BCUT2D eigenvalue weighted by Gasteiger charge is -2.30. The Kier molecular flexibility index (Phi) is 7.15. The minimum Gasteiger partial charge on any atom is -0.394 e. The third kappa shape index (κ3) is 5.58. The zero-order valence-electron chi connectivity index (χ0n) is 10.1. The van der Waals surface area contributed by atoms with Crippen molar-refractivity contribution in [1.82, 2.24) is 10.2 Å². The first-order valence-electron chi connectivity index (χ1n) is 5.62. The third-order valence-corrected chi connectivity index (χ3v) is 2.74. The molecule has 0 saturated carbocycles. The molecule has 2 N–H and O–H groups in total.